The van der Waals surface area contributed by atoms with Gasteiger partial charge in [0, 0.05) is 36.7 Å². The van der Waals surface area contributed by atoms with Crippen LogP contribution in [0.3, 0.4) is 0 Å². The van der Waals surface area contributed by atoms with Gasteiger partial charge in [-0.3, -0.25) is 19.2 Å². The average Bonchev–Trinajstić information content (AvgIpc) is 3.35. The Balaban J connectivity index is 1.47. The van der Waals surface area contributed by atoms with Crippen LogP contribution < -0.4 is 11.1 Å². The molecular weight excluding hydrogens is 467 g/mol. The van der Waals surface area contributed by atoms with E-state index in [4.69, 9.17) is 5.73 Å². The van der Waals surface area contributed by atoms with Crippen molar-refractivity contribution in [3.05, 3.63) is 34.9 Å². The molecule has 3 N–H and O–H groups in total. The van der Waals surface area contributed by atoms with Gasteiger partial charge in [-0.2, -0.15) is 18.2 Å². The number of nitrogens with two attached hydrogens (primary N) is 1. The summed E-state index contributed by atoms with van der Waals surface area (Å²) in [5.41, 5.74) is 6.58. The maximum absolute atomic E-state index is 13.2. The van der Waals surface area contributed by atoms with E-state index in [9.17, 15) is 32.3 Å². The molecule has 188 valence electrons. The molecule has 0 radical (unpaired) electrons. The molecule has 0 bridgehead atoms. The number of carbonyl (C=O) groups is 4. The molecule has 3 aliphatic rings. The smallest absolute Gasteiger partial charge is 0.383 e. The number of nitrogens with one attached hydrogen (secondary N) is 1. The number of benzene rings is 1. The molecule has 1 aliphatic carbocycles. The maximum Gasteiger partial charge on any atom is 0.473 e. The molecule has 1 unspecified atom stereocenters. The highest BCUT2D eigenvalue weighted by Crippen LogP contribution is 2.32. The highest BCUT2D eigenvalue weighted by Gasteiger charge is 2.40. The van der Waals surface area contributed by atoms with Crippen molar-refractivity contribution in [3.63, 3.8) is 0 Å². The van der Waals surface area contributed by atoms with Crippen molar-refractivity contribution in [2.75, 3.05) is 13.1 Å². The number of carbonyl (C=O) groups excluding carboxylic acids is 4. The Morgan fingerprint density at radius 2 is 1.89 bits per heavy atom. The predicted molar refractivity (Wildman–Crippen MR) is 118 cm³/mol. The summed E-state index contributed by atoms with van der Waals surface area (Å²) >= 11 is 0. The molecule has 2 aliphatic heterocycles. The van der Waals surface area contributed by atoms with Gasteiger partial charge in [0.25, 0.3) is 5.91 Å². The van der Waals surface area contributed by atoms with Crippen LogP contribution in [-0.4, -0.2) is 70.6 Å². The van der Waals surface area contributed by atoms with E-state index in [1.807, 2.05) is 0 Å². The van der Waals surface area contributed by atoms with E-state index < -0.39 is 17.9 Å². The summed E-state index contributed by atoms with van der Waals surface area (Å²) < 4.78 is 37.5. The van der Waals surface area contributed by atoms with Crippen LogP contribution in [0.5, 0.6) is 0 Å². The number of likely N-dealkylation sites (tertiary alicyclic amines) is 1. The fourth-order valence-corrected chi connectivity index (χ4v) is 4.94. The van der Waals surface area contributed by atoms with E-state index in [2.05, 4.69) is 10.3 Å². The van der Waals surface area contributed by atoms with Gasteiger partial charge in [-0.15, -0.1) is 0 Å². The zero-order chi connectivity index (χ0) is 25.3. The lowest BCUT2D eigenvalue weighted by atomic mass is 9.89. The predicted octanol–water partition coefficient (Wildman–Crippen LogP) is 1.49. The lowest BCUT2D eigenvalue weighted by molar-refractivity contribution is -0.169. The van der Waals surface area contributed by atoms with Crippen molar-refractivity contribution < 1.29 is 32.3 Å². The Morgan fingerprint density at radius 3 is 2.57 bits per heavy atom. The fourth-order valence-electron chi connectivity index (χ4n) is 4.94. The summed E-state index contributed by atoms with van der Waals surface area (Å²) in [6, 6.07) is 3.81. The third kappa shape index (κ3) is 5.30. The van der Waals surface area contributed by atoms with Gasteiger partial charge < -0.3 is 20.9 Å². The number of hydrogen-bond donors (Lipinski definition) is 2. The topological polar surface area (TPSA) is 125 Å². The minimum Gasteiger partial charge on any atom is -0.383 e. The van der Waals surface area contributed by atoms with Gasteiger partial charge in [0.2, 0.25) is 11.8 Å². The molecule has 35 heavy (non-hydrogen) atoms. The van der Waals surface area contributed by atoms with Gasteiger partial charge in [-0.05, 0) is 30.9 Å². The number of amidine groups is 1. The van der Waals surface area contributed by atoms with Crippen LogP contribution in [0.15, 0.2) is 23.2 Å². The quantitative estimate of drug-likeness (QED) is 0.475. The average molecular weight is 493 g/mol. The molecule has 2 heterocycles. The van der Waals surface area contributed by atoms with Crippen molar-refractivity contribution >= 4 is 29.5 Å². The van der Waals surface area contributed by atoms with E-state index >= 15 is 0 Å². The zero-order valence-electron chi connectivity index (χ0n) is 18.9. The van der Waals surface area contributed by atoms with Crippen LogP contribution in [0, 0.1) is 0 Å². The van der Waals surface area contributed by atoms with Crippen molar-refractivity contribution in [1.82, 2.24) is 15.1 Å². The van der Waals surface area contributed by atoms with Crippen LogP contribution in [0.4, 0.5) is 13.2 Å². The highest BCUT2D eigenvalue weighted by atomic mass is 19.4. The second kappa shape index (κ2) is 9.67. The van der Waals surface area contributed by atoms with Gasteiger partial charge in [0.05, 0.1) is 12.6 Å². The summed E-state index contributed by atoms with van der Waals surface area (Å²) in [4.78, 5) is 54.9. The van der Waals surface area contributed by atoms with E-state index in [-0.39, 0.29) is 54.0 Å². The standard InChI is InChI=1S/C23H26F3N5O4/c24-23(25,26)22(35)29-20(27)13-7-8-14-11-31(21(34)15(14)10-13)17-5-2-1-4-16(17)28-18(32)12-30-9-3-6-19(30)33/h7-8,10,16-17H,1-6,9,11-12H2,(H,28,32)(H2,27,29,35)/t16?,17-/m1/s1. The van der Waals surface area contributed by atoms with Gasteiger partial charge >= 0.3 is 12.1 Å². The number of rotatable bonds is 5. The molecule has 4 amide bonds. The number of alkyl halides is 3. The molecule has 9 nitrogen and oxygen atoms in total. The molecule has 12 heteroatoms. The summed E-state index contributed by atoms with van der Waals surface area (Å²) in [5.74, 6) is -3.57. The molecule has 2 atom stereocenters. The molecular formula is C23H26F3N5O4. The van der Waals surface area contributed by atoms with Crippen LogP contribution in [0.1, 0.15) is 60.0 Å². The maximum atomic E-state index is 13.2. The van der Waals surface area contributed by atoms with E-state index in [0.717, 1.165) is 19.3 Å². The molecule has 1 aromatic rings. The van der Waals surface area contributed by atoms with Crippen LogP contribution in [0.2, 0.25) is 0 Å². The highest BCUT2D eigenvalue weighted by molar-refractivity contribution is 6.07. The third-order valence-corrected chi connectivity index (χ3v) is 6.68. The van der Waals surface area contributed by atoms with Crippen LogP contribution >= 0.6 is 0 Å². The minimum absolute atomic E-state index is 0.00512. The Morgan fingerprint density at radius 1 is 1.14 bits per heavy atom. The molecule has 2 fully saturated rings. The first-order chi connectivity index (χ1) is 16.5. The molecule has 4 rings (SSSR count). The van der Waals surface area contributed by atoms with Crippen LogP contribution in [0.25, 0.3) is 0 Å². The number of nitrogens with zero attached hydrogens (tertiary/aromatic N) is 3. The van der Waals surface area contributed by atoms with Gasteiger partial charge in [0.1, 0.15) is 5.84 Å². The largest absolute Gasteiger partial charge is 0.473 e. The molecule has 0 spiro atoms. The number of aliphatic imine (C=N–C) groups is 1. The Labute approximate surface area is 199 Å². The van der Waals surface area contributed by atoms with Gasteiger partial charge in [0.15, 0.2) is 0 Å². The van der Waals surface area contributed by atoms with Crippen molar-refractivity contribution in [2.45, 2.75) is 63.3 Å². The van der Waals surface area contributed by atoms with Gasteiger partial charge in [-0.25, -0.2) is 0 Å². The Kier molecular flexibility index (Phi) is 6.82. The monoisotopic (exact) mass is 493 g/mol. The van der Waals surface area contributed by atoms with E-state index in [0.29, 0.717) is 31.4 Å². The Hall–Kier alpha value is -3.44. The number of amides is 4. The first-order valence-corrected chi connectivity index (χ1v) is 11.5. The normalized spacial score (nSPS) is 23.0. The molecule has 0 aromatic heterocycles. The summed E-state index contributed by atoms with van der Waals surface area (Å²) in [7, 11) is 0. The SMILES string of the molecule is NC(=NC(=O)C(F)(F)F)c1ccc2c(c1)C(=O)N([C@@H]1CCCCC1NC(=O)CN1CCCC1=O)C2. The second-order valence-electron chi connectivity index (χ2n) is 9.05. The van der Waals surface area contributed by atoms with Crippen molar-refractivity contribution in [1.29, 1.82) is 0 Å². The Bertz CT molecular complexity index is 1090. The second-order valence-corrected chi connectivity index (χ2v) is 9.05. The van der Waals surface area contributed by atoms with Crippen LogP contribution in [-0.2, 0) is 20.9 Å². The number of hydrogen-bond acceptors (Lipinski definition) is 4. The fraction of sp³-hybridized carbons (Fsp3) is 0.522. The summed E-state index contributed by atoms with van der Waals surface area (Å²) in [6.07, 6.45) is -0.813. The summed E-state index contributed by atoms with van der Waals surface area (Å²) in [6.45, 7) is 0.840. The van der Waals surface area contributed by atoms with E-state index in [1.165, 1.54) is 17.0 Å². The lowest BCUT2D eigenvalue weighted by Crippen LogP contribution is -2.54. The third-order valence-electron chi connectivity index (χ3n) is 6.68. The number of fused-ring (bicyclic) bond motifs is 1. The lowest BCUT2D eigenvalue weighted by Gasteiger charge is -2.38. The number of halogens is 3. The first-order valence-electron chi connectivity index (χ1n) is 11.5. The minimum atomic E-state index is -5.14. The van der Waals surface area contributed by atoms with Crippen molar-refractivity contribution in [2.24, 2.45) is 10.7 Å². The molecule has 1 aromatic carbocycles. The molecule has 1 saturated heterocycles. The van der Waals surface area contributed by atoms with Crippen molar-refractivity contribution in [3.8, 4) is 0 Å². The zero-order valence-corrected chi connectivity index (χ0v) is 18.9. The molecule has 1 saturated carbocycles. The first kappa shape index (κ1) is 24.7. The summed E-state index contributed by atoms with van der Waals surface area (Å²) in [5, 5.41) is 3.00. The van der Waals surface area contributed by atoms with Gasteiger partial charge in [-0.1, -0.05) is 25.0 Å². The van der Waals surface area contributed by atoms with E-state index in [1.54, 1.807) is 11.0 Å².